The van der Waals surface area contributed by atoms with Crippen LogP contribution >= 0.6 is 11.6 Å². The molecule has 1 amide bonds. The summed E-state index contributed by atoms with van der Waals surface area (Å²) in [6.45, 7) is 3.69. The van der Waals surface area contributed by atoms with Crippen molar-refractivity contribution in [3.05, 3.63) is 52.8 Å². The number of phenols is 1. The topological polar surface area (TPSA) is 107 Å². The Morgan fingerprint density at radius 2 is 1.49 bits per heavy atom. The Labute approximate surface area is 219 Å². The Bertz CT molecular complexity index is 1240. The monoisotopic (exact) mass is 525 g/mol. The summed E-state index contributed by atoms with van der Waals surface area (Å²) >= 11 is 6.45. The van der Waals surface area contributed by atoms with Crippen molar-refractivity contribution in [2.75, 3.05) is 46.6 Å². The SMILES string of the molecule is O=C(Nc1ccc(Nc2nc(N3CCCCC3)nc(N3CCCCC3)n2)cc1Cl)c1ccc(F)cc1O. The number of aromatic hydroxyl groups is 1. The molecule has 2 aliphatic rings. The summed E-state index contributed by atoms with van der Waals surface area (Å²) in [5, 5.41) is 16.0. The van der Waals surface area contributed by atoms with E-state index in [9.17, 15) is 14.3 Å². The number of nitrogens with zero attached hydrogens (tertiary/aromatic N) is 5. The van der Waals surface area contributed by atoms with E-state index in [1.165, 1.54) is 18.9 Å². The van der Waals surface area contributed by atoms with Crippen LogP contribution in [0.1, 0.15) is 48.9 Å². The van der Waals surface area contributed by atoms with Gasteiger partial charge in [-0.25, -0.2) is 4.39 Å². The summed E-state index contributed by atoms with van der Waals surface area (Å²) in [7, 11) is 0. The maximum Gasteiger partial charge on any atom is 0.259 e. The Morgan fingerprint density at radius 1 is 0.865 bits per heavy atom. The molecule has 0 saturated carbocycles. The molecule has 0 atom stereocenters. The van der Waals surface area contributed by atoms with Gasteiger partial charge in [-0.2, -0.15) is 15.0 Å². The lowest BCUT2D eigenvalue weighted by Crippen LogP contribution is -2.34. The van der Waals surface area contributed by atoms with E-state index in [4.69, 9.17) is 26.6 Å². The molecule has 3 heterocycles. The second-order valence-corrected chi connectivity index (χ2v) is 9.70. The quantitative estimate of drug-likeness (QED) is 0.395. The van der Waals surface area contributed by atoms with Gasteiger partial charge in [-0.3, -0.25) is 4.79 Å². The molecule has 0 unspecified atom stereocenters. The number of anilines is 5. The van der Waals surface area contributed by atoms with E-state index >= 15 is 0 Å². The van der Waals surface area contributed by atoms with Crippen molar-refractivity contribution in [1.29, 1.82) is 0 Å². The first kappa shape index (κ1) is 25.0. The third-order valence-corrected chi connectivity index (χ3v) is 6.88. The van der Waals surface area contributed by atoms with Crippen molar-refractivity contribution in [2.45, 2.75) is 38.5 Å². The van der Waals surface area contributed by atoms with E-state index in [2.05, 4.69) is 20.4 Å². The van der Waals surface area contributed by atoms with Crippen LogP contribution in [0.5, 0.6) is 5.75 Å². The largest absolute Gasteiger partial charge is 0.507 e. The fourth-order valence-corrected chi connectivity index (χ4v) is 4.82. The molecule has 0 bridgehead atoms. The van der Waals surface area contributed by atoms with Crippen molar-refractivity contribution >= 4 is 46.7 Å². The molecule has 2 fully saturated rings. The predicted molar refractivity (Wildman–Crippen MR) is 143 cm³/mol. The van der Waals surface area contributed by atoms with Crippen molar-refractivity contribution in [1.82, 2.24) is 15.0 Å². The highest BCUT2D eigenvalue weighted by Gasteiger charge is 2.21. The lowest BCUT2D eigenvalue weighted by atomic mass is 10.1. The molecule has 37 heavy (non-hydrogen) atoms. The van der Waals surface area contributed by atoms with Crippen LogP contribution in [0, 0.1) is 5.82 Å². The van der Waals surface area contributed by atoms with Gasteiger partial charge in [0.15, 0.2) is 0 Å². The third-order valence-electron chi connectivity index (χ3n) is 6.57. The molecule has 3 N–H and O–H groups in total. The number of benzene rings is 2. The summed E-state index contributed by atoms with van der Waals surface area (Å²) in [6.07, 6.45) is 6.90. The summed E-state index contributed by atoms with van der Waals surface area (Å²) in [5.41, 5.74) is 0.938. The van der Waals surface area contributed by atoms with Crippen molar-refractivity contribution in [3.8, 4) is 5.75 Å². The first-order valence-electron chi connectivity index (χ1n) is 12.6. The lowest BCUT2D eigenvalue weighted by molar-refractivity contribution is 0.102. The second kappa shape index (κ2) is 11.2. The van der Waals surface area contributed by atoms with Gasteiger partial charge in [-0.05, 0) is 68.9 Å². The zero-order valence-corrected chi connectivity index (χ0v) is 21.1. The maximum absolute atomic E-state index is 13.2. The van der Waals surface area contributed by atoms with Gasteiger partial charge in [0.25, 0.3) is 5.91 Å². The van der Waals surface area contributed by atoms with Crippen LogP contribution < -0.4 is 20.4 Å². The number of hydrogen-bond acceptors (Lipinski definition) is 8. The average molecular weight is 526 g/mol. The Kier molecular flexibility index (Phi) is 7.55. The van der Waals surface area contributed by atoms with Gasteiger partial charge in [0, 0.05) is 37.9 Å². The van der Waals surface area contributed by atoms with Gasteiger partial charge in [0.05, 0.1) is 16.3 Å². The van der Waals surface area contributed by atoms with Gasteiger partial charge >= 0.3 is 0 Å². The van der Waals surface area contributed by atoms with Gasteiger partial charge in [0.2, 0.25) is 17.8 Å². The van der Waals surface area contributed by atoms with Crippen LogP contribution in [0.4, 0.5) is 33.6 Å². The minimum Gasteiger partial charge on any atom is -0.507 e. The fourth-order valence-electron chi connectivity index (χ4n) is 4.59. The number of rotatable bonds is 6. The summed E-state index contributed by atoms with van der Waals surface area (Å²) < 4.78 is 13.2. The Hall–Kier alpha value is -3.66. The molecule has 0 spiro atoms. The number of carbonyl (C=O) groups is 1. The minimum atomic E-state index is -0.632. The summed E-state index contributed by atoms with van der Waals surface area (Å²) in [5.74, 6) is 0.0948. The summed E-state index contributed by atoms with van der Waals surface area (Å²) in [4.78, 5) is 31.2. The van der Waals surface area contributed by atoms with Crippen molar-refractivity contribution in [2.24, 2.45) is 0 Å². The van der Waals surface area contributed by atoms with Crippen LogP contribution in [0.2, 0.25) is 5.02 Å². The first-order valence-corrected chi connectivity index (χ1v) is 13.0. The predicted octanol–water partition coefficient (Wildman–Crippen LogP) is 5.35. The van der Waals surface area contributed by atoms with Crippen LogP contribution in [-0.4, -0.2) is 52.1 Å². The van der Waals surface area contributed by atoms with Gasteiger partial charge in [-0.1, -0.05) is 11.6 Å². The van der Waals surface area contributed by atoms with Crippen LogP contribution in [0.3, 0.4) is 0 Å². The van der Waals surface area contributed by atoms with E-state index in [-0.39, 0.29) is 10.6 Å². The number of phenolic OH excluding ortho intramolecular Hbond substituents is 1. The first-order chi connectivity index (χ1) is 18.0. The van der Waals surface area contributed by atoms with Gasteiger partial charge in [-0.15, -0.1) is 0 Å². The molecule has 0 radical (unpaired) electrons. The number of halogens is 2. The molecule has 3 aromatic rings. The molecule has 11 heteroatoms. The molecule has 2 aromatic carbocycles. The fraction of sp³-hybridized carbons (Fsp3) is 0.385. The van der Waals surface area contributed by atoms with E-state index in [1.54, 1.807) is 18.2 Å². The molecule has 5 rings (SSSR count). The third kappa shape index (κ3) is 6.02. The zero-order valence-electron chi connectivity index (χ0n) is 20.4. The molecule has 2 aliphatic heterocycles. The zero-order chi connectivity index (χ0) is 25.8. The molecule has 1 aromatic heterocycles. The van der Waals surface area contributed by atoms with Crippen LogP contribution in [-0.2, 0) is 0 Å². The molecular weight excluding hydrogens is 497 g/mol. The number of carbonyl (C=O) groups excluding carboxylic acids is 1. The maximum atomic E-state index is 13.2. The molecule has 9 nitrogen and oxygen atoms in total. The van der Waals surface area contributed by atoms with E-state index in [1.807, 2.05) is 0 Å². The van der Waals surface area contributed by atoms with E-state index in [0.717, 1.165) is 64.0 Å². The van der Waals surface area contributed by atoms with Gasteiger partial charge in [0.1, 0.15) is 11.6 Å². The lowest BCUT2D eigenvalue weighted by Gasteiger charge is -2.30. The highest BCUT2D eigenvalue weighted by atomic mass is 35.5. The van der Waals surface area contributed by atoms with Crippen molar-refractivity contribution < 1.29 is 14.3 Å². The number of amides is 1. The van der Waals surface area contributed by atoms with E-state index < -0.39 is 17.5 Å². The minimum absolute atomic E-state index is 0.0552. The number of aromatic nitrogens is 3. The smallest absolute Gasteiger partial charge is 0.259 e. The molecule has 2 saturated heterocycles. The molecule has 0 aliphatic carbocycles. The normalized spacial score (nSPS) is 15.9. The van der Waals surface area contributed by atoms with Crippen molar-refractivity contribution in [3.63, 3.8) is 0 Å². The highest BCUT2D eigenvalue weighted by Crippen LogP contribution is 2.29. The van der Waals surface area contributed by atoms with Crippen LogP contribution in [0.25, 0.3) is 0 Å². The summed E-state index contributed by atoms with van der Waals surface area (Å²) in [6, 6.07) is 8.25. The standard InChI is InChI=1S/C26H29ClFN7O2/c27-20-16-18(8-10-21(20)30-23(37)19-9-7-17(28)15-22(19)36)29-24-31-25(34-11-3-1-4-12-34)33-26(32-24)35-13-5-2-6-14-35/h7-10,15-16,36H,1-6,11-14H2,(H,30,37)(H,29,31,32,33). The Balaban J connectivity index is 1.36. The van der Waals surface area contributed by atoms with Gasteiger partial charge < -0.3 is 25.5 Å². The highest BCUT2D eigenvalue weighted by molar-refractivity contribution is 6.34. The number of hydrogen-bond donors (Lipinski definition) is 3. The number of nitrogens with one attached hydrogen (secondary N) is 2. The second-order valence-electron chi connectivity index (χ2n) is 9.29. The molecular formula is C26H29ClFN7O2. The Morgan fingerprint density at radius 3 is 2.05 bits per heavy atom. The van der Waals surface area contributed by atoms with Crippen LogP contribution in [0.15, 0.2) is 36.4 Å². The average Bonchev–Trinajstić information content (AvgIpc) is 2.91. The van der Waals surface area contributed by atoms with E-state index in [0.29, 0.717) is 29.2 Å². The number of piperidine rings is 2. The molecule has 194 valence electrons.